The van der Waals surface area contributed by atoms with E-state index in [9.17, 15) is 13.2 Å². The first-order valence-corrected chi connectivity index (χ1v) is 9.21. The largest absolute Gasteiger partial charge is 0.273 e. The molecule has 3 heterocycles. The fraction of sp³-hybridized carbons (Fsp3) is 0.692. The van der Waals surface area contributed by atoms with Crippen LogP contribution in [0.5, 0.6) is 0 Å². The first-order chi connectivity index (χ1) is 10.4. The SMILES string of the molecule is CS(=O)(=O)N1Cc2ccnn2[C@H](CC(=O)N2CCCCO2)C1. The minimum atomic E-state index is -3.30. The molecular formula is C13H20N4O4S. The maximum atomic E-state index is 12.3. The van der Waals surface area contributed by atoms with Crippen molar-refractivity contribution in [2.75, 3.05) is 26.0 Å². The van der Waals surface area contributed by atoms with Gasteiger partial charge in [-0.25, -0.2) is 13.5 Å². The fourth-order valence-corrected chi connectivity index (χ4v) is 3.66. The van der Waals surface area contributed by atoms with Crippen LogP contribution in [0.25, 0.3) is 0 Å². The van der Waals surface area contributed by atoms with Crippen molar-refractivity contribution in [1.82, 2.24) is 19.1 Å². The van der Waals surface area contributed by atoms with Gasteiger partial charge >= 0.3 is 0 Å². The number of nitrogens with zero attached hydrogens (tertiary/aromatic N) is 4. The number of sulfonamides is 1. The number of carbonyl (C=O) groups is 1. The van der Waals surface area contributed by atoms with Crippen LogP contribution in [-0.2, 0) is 26.2 Å². The van der Waals surface area contributed by atoms with Crippen molar-refractivity contribution >= 4 is 15.9 Å². The van der Waals surface area contributed by atoms with E-state index in [0.717, 1.165) is 18.5 Å². The molecule has 1 amide bonds. The molecule has 0 bridgehead atoms. The van der Waals surface area contributed by atoms with Gasteiger partial charge in [0.25, 0.3) is 0 Å². The summed E-state index contributed by atoms with van der Waals surface area (Å²) in [5.41, 5.74) is 0.800. The molecule has 22 heavy (non-hydrogen) atoms. The predicted octanol–water partition coefficient (Wildman–Crippen LogP) is 0.143. The van der Waals surface area contributed by atoms with Gasteiger partial charge in [0.15, 0.2) is 0 Å². The van der Waals surface area contributed by atoms with Crippen molar-refractivity contribution in [3.05, 3.63) is 18.0 Å². The Labute approximate surface area is 129 Å². The minimum absolute atomic E-state index is 0.124. The van der Waals surface area contributed by atoms with E-state index < -0.39 is 10.0 Å². The van der Waals surface area contributed by atoms with E-state index in [1.807, 2.05) is 0 Å². The molecule has 9 heteroatoms. The van der Waals surface area contributed by atoms with E-state index in [1.165, 1.54) is 15.6 Å². The number of aromatic nitrogens is 2. The molecule has 1 aromatic rings. The van der Waals surface area contributed by atoms with E-state index >= 15 is 0 Å². The number of hydrogen-bond acceptors (Lipinski definition) is 5. The van der Waals surface area contributed by atoms with Gasteiger partial charge in [-0.05, 0) is 18.9 Å². The Hall–Kier alpha value is -1.45. The highest BCUT2D eigenvalue weighted by Crippen LogP contribution is 2.25. The average molecular weight is 328 g/mol. The molecule has 1 fully saturated rings. The Morgan fingerprint density at radius 1 is 1.45 bits per heavy atom. The summed E-state index contributed by atoms with van der Waals surface area (Å²) >= 11 is 0. The molecular weight excluding hydrogens is 308 g/mol. The zero-order valence-electron chi connectivity index (χ0n) is 12.5. The molecule has 122 valence electrons. The van der Waals surface area contributed by atoms with Crippen molar-refractivity contribution in [2.45, 2.75) is 31.8 Å². The molecule has 0 aliphatic carbocycles. The van der Waals surface area contributed by atoms with Gasteiger partial charge in [-0.1, -0.05) is 0 Å². The first-order valence-electron chi connectivity index (χ1n) is 7.36. The van der Waals surface area contributed by atoms with Gasteiger partial charge < -0.3 is 0 Å². The Balaban J connectivity index is 1.76. The highest BCUT2D eigenvalue weighted by atomic mass is 32.2. The summed E-state index contributed by atoms with van der Waals surface area (Å²) in [5.74, 6) is -0.124. The maximum Gasteiger partial charge on any atom is 0.248 e. The van der Waals surface area contributed by atoms with Crippen molar-refractivity contribution in [1.29, 1.82) is 0 Å². The summed E-state index contributed by atoms with van der Waals surface area (Å²) in [5, 5.41) is 5.63. The third kappa shape index (κ3) is 3.16. The first kappa shape index (κ1) is 15.4. The number of rotatable bonds is 3. The molecule has 2 aliphatic heterocycles. The van der Waals surface area contributed by atoms with Gasteiger partial charge in [0.2, 0.25) is 15.9 Å². The zero-order chi connectivity index (χ0) is 15.7. The lowest BCUT2D eigenvalue weighted by molar-refractivity contribution is -0.198. The number of hydrogen-bond donors (Lipinski definition) is 0. The summed E-state index contributed by atoms with van der Waals surface area (Å²) in [4.78, 5) is 17.7. The molecule has 2 aliphatic rings. The summed E-state index contributed by atoms with van der Waals surface area (Å²) in [6.45, 7) is 1.70. The van der Waals surface area contributed by atoms with Crippen LogP contribution < -0.4 is 0 Å². The van der Waals surface area contributed by atoms with Crippen molar-refractivity contribution in [3.8, 4) is 0 Å². The quantitative estimate of drug-likeness (QED) is 0.788. The summed E-state index contributed by atoms with van der Waals surface area (Å²) < 4.78 is 26.8. The number of amides is 1. The monoisotopic (exact) mass is 328 g/mol. The lowest BCUT2D eigenvalue weighted by Gasteiger charge is -2.33. The van der Waals surface area contributed by atoms with Gasteiger partial charge in [-0.3, -0.25) is 14.3 Å². The van der Waals surface area contributed by atoms with Gasteiger partial charge in [0, 0.05) is 19.3 Å². The average Bonchev–Trinajstić information content (AvgIpc) is 2.96. The predicted molar refractivity (Wildman–Crippen MR) is 78.0 cm³/mol. The second kappa shape index (κ2) is 5.98. The van der Waals surface area contributed by atoms with Crippen LogP contribution in [0.4, 0.5) is 0 Å². The summed E-state index contributed by atoms with van der Waals surface area (Å²) in [6.07, 6.45) is 4.89. The van der Waals surface area contributed by atoms with E-state index in [0.29, 0.717) is 19.7 Å². The molecule has 0 aromatic carbocycles. The van der Waals surface area contributed by atoms with Gasteiger partial charge in [0.1, 0.15) is 0 Å². The molecule has 0 N–H and O–H groups in total. The highest BCUT2D eigenvalue weighted by Gasteiger charge is 2.33. The van der Waals surface area contributed by atoms with E-state index in [-0.39, 0.29) is 24.9 Å². The van der Waals surface area contributed by atoms with Gasteiger partial charge in [-0.2, -0.15) is 9.40 Å². The Bertz CT molecular complexity index is 651. The van der Waals surface area contributed by atoms with E-state index in [2.05, 4.69) is 5.10 Å². The molecule has 0 unspecified atom stereocenters. The third-order valence-electron chi connectivity index (χ3n) is 4.01. The van der Waals surface area contributed by atoms with Crippen LogP contribution in [0, 0.1) is 0 Å². The highest BCUT2D eigenvalue weighted by molar-refractivity contribution is 7.88. The van der Waals surface area contributed by atoms with E-state index in [4.69, 9.17) is 4.84 Å². The lowest BCUT2D eigenvalue weighted by Crippen LogP contribution is -2.43. The Kier molecular flexibility index (Phi) is 4.20. The van der Waals surface area contributed by atoms with Crippen LogP contribution in [0.1, 0.15) is 31.0 Å². The van der Waals surface area contributed by atoms with Crippen molar-refractivity contribution in [2.24, 2.45) is 0 Å². The Morgan fingerprint density at radius 2 is 2.27 bits per heavy atom. The molecule has 1 aromatic heterocycles. The maximum absolute atomic E-state index is 12.3. The minimum Gasteiger partial charge on any atom is -0.273 e. The molecule has 0 spiro atoms. The second-order valence-corrected chi connectivity index (χ2v) is 7.70. The molecule has 3 rings (SSSR count). The van der Waals surface area contributed by atoms with Crippen LogP contribution in [0.2, 0.25) is 0 Å². The summed E-state index contributed by atoms with van der Waals surface area (Å²) in [7, 11) is -3.30. The smallest absolute Gasteiger partial charge is 0.248 e. The standard InChI is InChI=1S/C13H20N4O4S/c1-22(19,20)15-9-11-4-5-14-17(11)12(10-15)8-13(18)16-6-2-3-7-21-16/h4-5,12H,2-3,6-10H2,1H3/t12-/m1/s1. The van der Waals surface area contributed by atoms with Crippen LogP contribution in [0.15, 0.2) is 12.3 Å². The third-order valence-corrected chi connectivity index (χ3v) is 5.23. The zero-order valence-corrected chi connectivity index (χ0v) is 13.3. The van der Waals surface area contributed by atoms with E-state index in [1.54, 1.807) is 16.9 Å². The van der Waals surface area contributed by atoms with Crippen LogP contribution in [0.3, 0.4) is 0 Å². The van der Waals surface area contributed by atoms with Crippen molar-refractivity contribution < 1.29 is 18.0 Å². The normalized spacial score (nSPS) is 23.3. The molecule has 0 radical (unpaired) electrons. The second-order valence-electron chi connectivity index (χ2n) is 5.72. The van der Waals surface area contributed by atoms with Gasteiger partial charge in [-0.15, -0.1) is 0 Å². The molecule has 1 saturated heterocycles. The molecule has 0 saturated carbocycles. The number of hydroxylamine groups is 2. The topological polar surface area (TPSA) is 84.7 Å². The molecule has 8 nitrogen and oxygen atoms in total. The lowest BCUT2D eigenvalue weighted by atomic mass is 10.1. The summed E-state index contributed by atoms with van der Waals surface area (Å²) in [6, 6.07) is 1.48. The van der Waals surface area contributed by atoms with Crippen LogP contribution in [-0.4, -0.2) is 59.4 Å². The Morgan fingerprint density at radius 3 is 2.95 bits per heavy atom. The van der Waals surface area contributed by atoms with Crippen LogP contribution >= 0.6 is 0 Å². The van der Waals surface area contributed by atoms with Crippen molar-refractivity contribution in [3.63, 3.8) is 0 Å². The van der Waals surface area contributed by atoms with Gasteiger partial charge in [0.05, 0.1) is 37.6 Å². The fourth-order valence-electron chi connectivity index (χ4n) is 2.85. The number of carbonyl (C=O) groups excluding carboxylic acids is 1. The number of fused-ring (bicyclic) bond motifs is 1. The molecule has 1 atom stereocenters.